The number of anilines is 1. The molecule has 0 radical (unpaired) electrons. The molecule has 0 atom stereocenters. The van der Waals surface area contributed by atoms with Crippen molar-refractivity contribution in [1.82, 2.24) is 4.90 Å². The summed E-state index contributed by atoms with van der Waals surface area (Å²) < 4.78 is 0. The number of nitrogen functional groups attached to an aromatic ring is 1. The molecule has 2 N–H and O–H groups in total. The van der Waals surface area contributed by atoms with Crippen molar-refractivity contribution in [3.05, 3.63) is 28.8 Å². The molecule has 0 unspecified atom stereocenters. The Balaban J connectivity index is 2.81. The minimum absolute atomic E-state index is 0.768. The molecule has 0 fully saturated rings. The lowest BCUT2D eigenvalue weighted by Gasteiger charge is -2.15. The fraction of sp³-hybridized carbons (Fsp3) is 0.400. The van der Waals surface area contributed by atoms with E-state index < -0.39 is 0 Å². The van der Waals surface area contributed by atoms with Crippen LogP contribution in [0.5, 0.6) is 0 Å². The number of nitrogens with zero attached hydrogens (tertiary/aromatic N) is 1. The molecule has 0 bridgehead atoms. The topological polar surface area (TPSA) is 29.3 Å². The second-order valence-electron chi connectivity index (χ2n) is 3.18. The van der Waals surface area contributed by atoms with Crippen LogP contribution < -0.4 is 5.73 Å². The lowest BCUT2D eigenvalue weighted by molar-refractivity contribution is 0.346. The summed E-state index contributed by atoms with van der Waals surface area (Å²) >= 11 is 6.02. The number of benzene rings is 1. The molecule has 0 saturated carbocycles. The first-order chi connectivity index (χ1) is 6.13. The highest BCUT2D eigenvalue weighted by atomic mass is 35.5. The van der Waals surface area contributed by atoms with Crippen molar-refractivity contribution in [2.45, 2.75) is 13.5 Å². The maximum absolute atomic E-state index is 6.02. The first-order valence-corrected chi connectivity index (χ1v) is 4.73. The van der Waals surface area contributed by atoms with Crippen LogP contribution in [0.25, 0.3) is 0 Å². The maximum Gasteiger partial charge on any atom is 0.0452 e. The zero-order chi connectivity index (χ0) is 9.84. The van der Waals surface area contributed by atoms with Crippen molar-refractivity contribution in [1.29, 1.82) is 0 Å². The predicted molar refractivity (Wildman–Crippen MR) is 57.9 cm³/mol. The summed E-state index contributed by atoms with van der Waals surface area (Å²) in [6, 6.07) is 5.59. The molecular formula is C10H15ClN2. The van der Waals surface area contributed by atoms with Crippen molar-refractivity contribution in [3.8, 4) is 0 Å². The third kappa shape index (κ3) is 2.90. The molecule has 0 heterocycles. The average molecular weight is 199 g/mol. The van der Waals surface area contributed by atoms with Crippen molar-refractivity contribution < 1.29 is 0 Å². The van der Waals surface area contributed by atoms with E-state index in [0.717, 1.165) is 29.4 Å². The minimum Gasteiger partial charge on any atom is -0.399 e. The number of hydrogen-bond donors (Lipinski definition) is 1. The van der Waals surface area contributed by atoms with Gasteiger partial charge in [0.05, 0.1) is 0 Å². The largest absolute Gasteiger partial charge is 0.399 e. The SMILES string of the molecule is CCN(C)Cc1cc(N)ccc1Cl. The first-order valence-electron chi connectivity index (χ1n) is 4.36. The Kier molecular flexibility index (Phi) is 3.58. The van der Waals surface area contributed by atoms with Gasteiger partial charge in [0.15, 0.2) is 0 Å². The molecule has 0 spiro atoms. The number of halogens is 1. The zero-order valence-electron chi connectivity index (χ0n) is 8.05. The van der Waals surface area contributed by atoms with E-state index in [1.165, 1.54) is 0 Å². The Morgan fingerprint density at radius 3 is 2.77 bits per heavy atom. The van der Waals surface area contributed by atoms with Gasteiger partial charge in [-0.2, -0.15) is 0 Å². The summed E-state index contributed by atoms with van der Waals surface area (Å²) in [4.78, 5) is 2.18. The van der Waals surface area contributed by atoms with Crippen LogP contribution >= 0.6 is 11.6 Å². The van der Waals surface area contributed by atoms with Gasteiger partial charge in [-0.25, -0.2) is 0 Å². The first kappa shape index (κ1) is 10.4. The van der Waals surface area contributed by atoms with E-state index in [0.29, 0.717) is 0 Å². The Bertz CT molecular complexity index is 286. The Morgan fingerprint density at radius 1 is 1.46 bits per heavy atom. The highest BCUT2D eigenvalue weighted by Crippen LogP contribution is 2.19. The molecule has 0 amide bonds. The van der Waals surface area contributed by atoms with Gasteiger partial charge in [0.2, 0.25) is 0 Å². The van der Waals surface area contributed by atoms with E-state index in [4.69, 9.17) is 17.3 Å². The van der Waals surface area contributed by atoms with Crippen molar-refractivity contribution in [2.75, 3.05) is 19.3 Å². The number of hydrogen-bond acceptors (Lipinski definition) is 2. The molecule has 1 rings (SSSR count). The van der Waals surface area contributed by atoms with Crippen LogP contribution in [0.2, 0.25) is 5.02 Å². The van der Waals surface area contributed by atoms with Crippen LogP contribution in [0.1, 0.15) is 12.5 Å². The molecule has 13 heavy (non-hydrogen) atoms. The van der Waals surface area contributed by atoms with Crippen LogP contribution in [0.15, 0.2) is 18.2 Å². The van der Waals surface area contributed by atoms with E-state index in [9.17, 15) is 0 Å². The van der Waals surface area contributed by atoms with Crippen LogP contribution in [-0.2, 0) is 6.54 Å². The summed E-state index contributed by atoms with van der Waals surface area (Å²) in [6.45, 7) is 3.96. The van der Waals surface area contributed by atoms with Gasteiger partial charge in [-0.3, -0.25) is 0 Å². The summed E-state index contributed by atoms with van der Waals surface area (Å²) in [5.74, 6) is 0. The summed E-state index contributed by atoms with van der Waals surface area (Å²) in [5.41, 5.74) is 7.52. The van der Waals surface area contributed by atoms with Gasteiger partial charge in [-0.15, -0.1) is 0 Å². The normalized spacial score (nSPS) is 10.8. The van der Waals surface area contributed by atoms with E-state index in [1.807, 2.05) is 18.2 Å². The van der Waals surface area contributed by atoms with E-state index >= 15 is 0 Å². The molecule has 1 aromatic carbocycles. The zero-order valence-corrected chi connectivity index (χ0v) is 8.80. The molecule has 72 valence electrons. The molecule has 3 heteroatoms. The Labute approximate surface area is 84.3 Å². The molecule has 0 saturated heterocycles. The van der Waals surface area contributed by atoms with Gasteiger partial charge in [-0.05, 0) is 37.4 Å². The third-order valence-electron chi connectivity index (χ3n) is 2.05. The van der Waals surface area contributed by atoms with Crippen LogP contribution in [-0.4, -0.2) is 18.5 Å². The standard InChI is InChI=1S/C10H15ClN2/c1-3-13(2)7-8-6-9(12)4-5-10(8)11/h4-6H,3,7,12H2,1-2H3. The molecule has 0 aliphatic rings. The molecule has 0 aliphatic heterocycles. The van der Waals surface area contributed by atoms with Crippen LogP contribution in [0, 0.1) is 0 Å². The fourth-order valence-corrected chi connectivity index (χ4v) is 1.30. The summed E-state index contributed by atoms with van der Waals surface area (Å²) in [5, 5.41) is 0.787. The van der Waals surface area contributed by atoms with Gasteiger partial charge in [0.25, 0.3) is 0 Å². The second kappa shape index (κ2) is 4.49. The predicted octanol–water partition coefficient (Wildman–Crippen LogP) is 2.37. The summed E-state index contributed by atoms with van der Waals surface area (Å²) in [6.07, 6.45) is 0. The number of rotatable bonds is 3. The van der Waals surface area contributed by atoms with Crippen LogP contribution in [0.3, 0.4) is 0 Å². The second-order valence-corrected chi connectivity index (χ2v) is 3.59. The highest BCUT2D eigenvalue weighted by Gasteiger charge is 2.02. The maximum atomic E-state index is 6.02. The highest BCUT2D eigenvalue weighted by molar-refractivity contribution is 6.31. The number of nitrogens with two attached hydrogens (primary N) is 1. The molecule has 0 aromatic heterocycles. The van der Waals surface area contributed by atoms with E-state index in [1.54, 1.807) is 0 Å². The average Bonchev–Trinajstić information content (AvgIpc) is 2.11. The van der Waals surface area contributed by atoms with Crippen molar-refractivity contribution in [2.24, 2.45) is 0 Å². The van der Waals surface area contributed by atoms with Gasteiger partial charge >= 0.3 is 0 Å². The van der Waals surface area contributed by atoms with E-state index in [2.05, 4.69) is 18.9 Å². The summed E-state index contributed by atoms with van der Waals surface area (Å²) in [7, 11) is 2.06. The van der Waals surface area contributed by atoms with Gasteiger partial charge in [-0.1, -0.05) is 18.5 Å². The fourth-order valence-electron chi connectivity index (χ4n) is 1.12. The monoisotopic (exact) mass is 198 g/mol. The lowest BCUT2D eigenvalue weighted by Crippen LogP contribution is -2.17. The minimum atomic E-state index is 0.768. The smallest absolute Gasteiger partial charge is 0.0452 e. The Morgan fingerprint density at radius 2 is 2.15 bits per heavy atom. The van der Waals surface area contributed by atoms with Crippen molar-refractivity contribution in [3.63, 3.8) is 0 Å². The van der Waals surface area contributed by atoms with Gasteiger partial charge < -0.3 is 10.6 Å². The molecule has 2 nitrogen and oxygen atoms in total. The van der Waals surface area contributed by atoms with Crippen molar-refractivity contribution >= 4 is 17.3 Å². The van der Waals surface area contributed by atoms with Gasteiger partial charge in [0, 0.05) is 17.3 Å². The molecule has 0 aliphatic carbocycles. The van der Waals surface area contributed by atoms with E-state index in [-0.39, 0.29) is 0 Å². The van der Waals surface area contributed by atoms with Gasteiger partial charge in [0.1, 0.15) is 0 Å². The Hall–Kier alpha value is -0.730. The third-order valence-corrected chi connectivity index (χ3v) is 2.42. The molecule has 1 aromatic rings. The van der Waals surface area contributed by atoms with Crippen LogP contribution in [0.4, 0.5) is 5.69 Å². The quantitative estimate of drug-likeness (QED) is 0.756. The molecular weight excluding hydrogens is 184 g/mol. The lowest BCUT2D eigenvalue weighted by atomic mass is 10.2.